The second kappa shape index (κ2) is 9.00. The Morgan fingerprint density at radius 3 is 2.65 bits per heavy atom. The van der Waals surface area contributed by atoms with Crippen molar-refractivity contribution in [2.24, 2.45) is 5.73 Å². The quantitative estimate of drug-likeness (QED) is 0.762. The number of rotatable bonds is 8. The second-order valence-electron chi connectivity index (χ2n) is 4.91. The number of hydrogen-bond donors (Lipinski definition) is 1. The van der Waals surface area contributed by atoms with Crippen molar-refractivity contribution < 1.29 is 4.74 Å². The maximum absolute atomic E-state index is 6.39. The summed E-state index contributed by atoms with van der Waals surface area (Å²) in [4.78, 5) is 2.37. The van der Waals surface area contributed by atoms with Crippen LogP contribution in [-0.4, -0.2) is 37.7 Å². The monoisotopic (exact) mass is 362 g/mol. The van der Waals surface area contributed by atoms with Gasteiger partial charge < -0.3 is 10.5 Å². The van der Waals surface area contributed by atoms with Crippen LogP contribution in [-0.2, 0) is 4.74 Å². The molecular formula is C15H24BrClN2O. The molecule has 0 amide bonds. The Hall–Kier alpha value is -0.130. The molecule has 0 aliphatic rings. The van der Waals surface area contributed by atoms with Gasteiger partial charge in [-0.05, 0) is 31.0 Å². The van der Waals surface area contributed by atoms with E-state index in [1.54, 1.807) is 7.11 Å². The van der Waals surface area contributed by atoms with E-state index in [4.69, 9.17) is 22.1 Å². The number of nitrogens with zero attached hydrogens (tertiary/aromatic N) is 1. The Bertz CT molecular complexity index is 417. The van der Waals surface area contributed by atoms with Gasteiger partial charge in [-0.3, -0.25) is 4.90 Å². The van der Waals surface area contributed by atoms with E-state index in [0.717, 1.165) is 28.0 Å². The highest BCUT2D eigenvalue weighted by Crippen LogP contribution is 2.31. The highest BCUT2D eigenvalue weighted by atomic mass is 79.9. The third-order valence-corrected chi connectivity index (χ3v) is 4.48. The lowest BCUT2D eigenvalue weighted by molar-refractivity contribution is 0.0903. The molecule has 5 heteroatoms. The first kappa shape index (κ1) is 17.9. The van der Waals surface area contributed by atoms with Gasteiger partial charge in [-0.2, -0.15) is 0 Å². The summed E-state index contributed by atoms with van der Waals surface area (Å²) < 4.78 is 6.20. The molecule has 1 rings (SSSR count). The molecule has 0 saturated carbocycles. The third kappa shape index (κ3) is 4.71. The lowest BCUT2D eigenvalue weighted by Gasteiger charge is -2.36. The van der Waals surface area contributed by atoms with E-state index in [0.29, 0.717) is 19.2 Å². The Kier molecular flexibility index (Phi) is 8.07. The van der Waals surface area contributed by atoms with Crippen LogP contribution in [0.2, 0.25) is 5.02 Å². The minimum absolute atomic E-state index is 0.112. The summed E-state index contributed by atoms with van der Waals surface area (Å²) in [5.41, 5.74) is 7.10. The molecule has 0 fully saturated rings. The maximum Gasteiger partial charge on any atom is 0.0590 e. The van der Waals surface area contributed by atoms with E-state index in [1.807, 2.05) is 18.2 Å². The molecule has 0 aliphatic carbocycles. The van der Waals surface area contributed by atoms with E-state index in [2.05, 4.69) is 34.7 Å². The smallest absolute Gasteiger partial charge is 0.0590 e. The van der Waals surface area contributed by atoms with E-state index in [1.165, 1.54) is 0 Å². The number of methoxy groups -OCH3 is 1. The SMILES string of the molecule is CCC(C)N(CCOC)C(CN)c1ccc(Br)cc1Cl. The van der Waals surface area contributed by atoms with Gasteiger partial charge >= 0.3 is 0 Å². The van der Waals surface area contributed by atoms with Crippen LogP contribution in [0, 0.1) is 0 Å². The van der Waals surface area contributed by atoms with Gasteiger partial charge in [-0.25, -0.2) is 0 Å². The Balaban J connectivity index is 3.04. The first-order chi connectivity index (χ1) is 9.54. The molecule has 0 saturated heterocycles. The summed E-state index contributed by atoms with van der Waals surface area (Å²) in [6.45, 7) is 6.47. The fraction of sp³-hybridized carbons (Fsp3) is 0.600. The highest BCUT2D eigenvalue weighted by molar-refractivity contribution is 9.10. The van der Waals surface area contributed by atoms with Crippen LogP contribution >= 0.6 is 27.5 Å². The molecule has 0 heterocycles. The Morgan fingerprint density at radius 1 is 1.45 bits per heavy atom. The minimum atomic E-state index is 0.112. The zero-order chi connectivity index (χ0) is 15.1. The first-order valence-electron chi connectivity index (χ1n) is 6.94. The summed E-state index contributed by atoms with van der Waals surface area (Å²) in [5.74, 6) is 0. The van der Waals surface area contributed by atoms with Gasteiger partial charge in [0, 0.05) is 41.8 Å². The second-order valence-corrected chi connectivity index (χ2v) is 6.23. The van der Waals surface area contributed by atoms with Crippen LogP contribution in [0.15, 0.2) is 22.7 Å². The average Bonchev–Trinajstić information content (AvgIpc) is 2.44. The topological polar surface area (TPSA) is 38.5 Å². The lowest BCUT2D eigenvalue weighted by atomic mass is 10.0. The standard InChI is InChI=1S/C15H24BrClN2O/c1-4-11(2)19(7-8-20-3)15(10-18)13-6-5-12(16)9-14(13)17/h5-6,9,11,15H,4,7-8,10,18H2,1-3H3. The van der Waals surface area contributed by atoms with Crippen LogP contribution in [0.5, 0.6) is 0 Å². The number of ether oxygens (including phenoxy) is 1. The van der Waals surface area contributed by atoms with Crippen molar-refractivity contribution in [2.45, 2.75) is 32.4 Å². The van der Waals surface area contributed by atoms with Crippen molar-refractivity contribution in [3.63, 3.8) is 0 Å². The van der Waals surface area contributed by atoms with Gasteiger partial charge in [0.25, 0.3) is 0 Å². The number of halogens is 2. The lowest BCUT2D eigenvalue weighted by Crippen LogP contribution is -2.41. The highest BCUT2D eigenvalue weighted by Gasteiger charge is 2.24. The summed E-state index contributed by atoms with van der Waals surface area (Å²) in [6, 6.07) is 6.52. The molecule has 2 atom stereocenters. The van der Waals surface area contributed by atoms with E-state index >= 15 is 0 Å². The molecule has 0 aromatic heterocycles. The number of benzene rings is 1. The van der Waals surface area contributed by atoms with E-state index in [-0.39, 0.29) is 6.04 Å². The van der Waals surface area contributed by atoms with Gasteiger partial charge in [0.1, 0.15) is 0 Å². The van der Waals surface area contributed by atoms with Gasteiger partial charge in [0.05, 0.1) is 6.61 Å². The van der Waals surface area contributed by atoms with Crippen molar-refractivity contribution >= 4 is 27.5 Å². The van der Waals surface area contributed by atoms with Crippen LogP contribution in [0.4, 0.5) is 0 Å². The number of nitrogens with two attached hydrogens (primary N) is 1. The van der Waals surface area contributed by atoms with Crippen molar-refractivity contribution in [1.82, 2.24) is 4.90 Å². The van der Waals surface area contributed by atoms with Gasteiger partial charge in [0.15, 0.2) is 0 Å². The summed E-state index contributed by atoms with van der Waals surface area (Å²) >= 11 is 9.83. The molecule has 114 valence electrons. The van der Waals surface area contributed by atoms with Crippen molar-refractivity contribution in [3.8, 4) is 0 Å². The minimum Gasteiger partial charge on any atom is -0.383 e. The summed E-state index contributed by atoms with van der Waals surface area (Å²) in [7, 11) is 1.72. The van der Waals surface area contributed by atoms with Crippen LogP contribution in [0.1, 0.15) is 31.9 Å². The van der Waals surface area contributed by atoms with Gasteiger partial charge in [0.2, 0.25) is 0 Å². The van der Waals surface area contributed by atoms with Crippen molar-refractivity contribution in [2.75, 3.05) is 26.8 Å². The fourth-order valence-corrected chi connectivity index (χ4v) is 3.13. The van der Waals surface area contributed by atoms with E-state index < -0.39 is 0 Å². The predicted octanol–water partition coefficient (Wildman–Crippen LogP) is 3.85. The van der Waals surface area contributed by atoms with Crippen molar-refractivity contribution in [3.05, 3.63) is 33.3 Å². The molecule has 0 spiro atoms. The van der Waals surface area contributed by atoms with Crippen molar-refractivity contribution in [1.29, 1.82) is 0 Å². The molecule has 2 N–H and O–H groups in total. The molecule has 1 aromatic rings. The fourth-order valence-electron chi connectivity index (χ4n) is 2.33. The molecule has 0 radical (unpaired) electrons. The largest absolute Gasteiger partial charge is 0.383 e. The molecule has 20 heavy (non-hydrogen) atoms. The number of hydrogen-bond acceptors (Lipinski definition) is 3. The predicted molar refractivity (Wildman–Crippen MR) is 89.3 cm³/mol. The zero-order valence-corrected chi connectivity index (χ0v) is 14.7. The van der Waals surface area contributed by atoms with Crippen LogP contribution < -0.4 is 5.73 Å². The van der Waals surface area contributed by atoms with Crippen LogP contribution in [0.25, 0.3) is 0 Å². The Morgan fingerprint density at radius 2 is 2.15 bits per heavy atom. The van der Waals surface area contributed by atoms with Gasteiger partial charge in [-0.1, -0.05) is 40.5 Å². The molecule has 1 aromatic carbocycles. The van der Waals surface area contributed by atoms with Gasteiger partial charge in [-0.15, -0.1) is 0 Å². The summed E-state index contributed by atoms with van der Waals surface area (Å²) in [6.07, 6.45) is 1.06. The maximum atomic E-state index is 6.39. The van der Waals surface area contributed by atoms with E-state index in [9.17, 15) is 0 Å². The third-order valence-electron chi connectivity index (χ3n) is 3.66. The summed E-state index contributed by atoms with van der Waals surface area (Å²) in [5, 5.41) is 0.751. The molecule has 3 nitrogen and oxygen atoms in total. The molecular weight excluding hydrogens is 340 g/mol. The van der Waals surface area contributed by atoms with Crippen LogP contribution in [0.3, 0.4) is 0 Å². The average molecular weight is 364 g/mol. The molecule has 2 unspecified atom stereocenters. The first-order valence-corrected chi connectivity index (χ1v) is 8.11. The molecule has 0 aliphatic heterocycles. The molecule has 0 bridgehead atoms. The normalized spacial score (nSPS) is 14.6. The Labute approximate surface area is 135 Å². The zero-order valence-electron chi connectivity index (χ0n) is 12.4.